The van der Waals surface area contributed by atoms with Crippen LogP contribution in [0.25, 0.3) is 32.5 Å². The molecular weight excluding hydrogens is 522 g/mol. The Morgan fingerprint density at radius 3 is 2.48 bits per heavy atom. The van der Waals surface area contributed by atoms with Gasteiger partial charge in [0.05, 0.1) is 29.0 Å². The first kappa shape index (κ1) is 28.5. The summed E-state index contributed by atoms with van der Waals surface area (Å²) in [6.07, 6.45) is 2.02. The smallest absolute Gasteiger partial charge is 0.237 e. The minimum atomic E-state index is -0.624. The number of amides is 1. The molecule has 3 aromatic heterocycles. The van der Waals surface area contributed by atoms with E-state index in [0.717, 1.165) is 84.1 Å². The molecule has 0 saturated carbocycles. The number of carbonyl (C=O) groups excluding carboxylic acids is 1. The lowest BCUT2D eigenvalue weighted by molar-refractivity contribution is -0.129. The van der Waals surface area contributed by atoms with Crippen LogP contribution in [-0.2, 0) is 16.1 Å². The van der Waals surface area contributed by atoms with Crippen molar-refractivity contribution in [3.05, 3.63) is 40.9 Å². The van der Waals surface area contributed by atoms with Crippen LogP contribution < -0.4 is 10.6 Å². The van der Waals surface area contributed by atoms with Crippen LogP contribution in [0.1, 0.15) is 38.1 Å². The van der Waals surface area contributed by atoms with Gasteiger partial charge in [0.25, 0.3) is 0 Å². The summed E-state index contributed by atoms with van der Waals surface area (Å²) >= 11 is 1.81. The van der Waals surface area contributed by atoms with E-state index in [1.165, 1.54) is 10.4 Å². The van der Waals surface area contributed by atoms with Crippen LogP contribution in [0.5, 0.6) is 0 Å². The highest BCUT2D eigenvalue weighted by Gasteiger charge is 2.35. The normalized spacial score (nSPS) is 17.3. The molecule has 3 N–H and O–H groups in total. The minimum Gasteiger partial charge on any atom is -0.378 e. The summed E-state index contributed by atoms with van der Waals surface area (Å²) in [5.41, 5.74) is 9.40. The lowest BCUT2D eigenvalue weighted by Crippen LogP contribution is -2.59. The minimum absolute atomic E-state index is 0.272. The van der Waals surface area contributed by atoms with Crippen molar-refractivity contribution in [1.82, 2.24) is 24.8 Å². The third-order valence-electron chi connectivity index (χ3n) is 8.12. The summed E-state index contributed by atoms with van der Waals surface area (Å²) in [5.74, 6) is 1.49. The molecule has 9 nitrogen and oxygen atoms in total. The standard InChI is InChI=1S/C28H35N7O2S.C2H6/c1-18-22(17-33-8-10-35(11-9-33)28(2,3)27(29)36)38-24-23(18)31-25(32-26(24)34-12-14-37-15-13-34)20-16-30-21-7-5-4-6-19(20)21;1-2/h4-7,16,30H,8-15,17H2,1-3H3,(H2,29,36);1-2H3. The number of fused-ring (bicyclic) bond motifs is 2. The van der Waals surface area contributed by atoms with Gasteiger partial charge in [0, 0.05) is 73.4 Å². The highest BCUT2D eigenvalue weighted by atomic mass is 32.1. The average Bonchev–Trinajstić information content (AvgIpc) is 3.55. The molecule has 6 rings (SSSR count). The van der Waals surface area contributed by atoms with Crippen molar-refractivity contribution in [2.45, 2.75) is 46.7 Å². The molecule has 2 aliphatic heterocycles. The molecule has 1 amide bonds. The Morgan fingerprint density at radius 2 is 1.77 bits per heavy atom. The number of H-pyrrole nitrogens is 1. The number of para-hydroxylation sites is 1. The number of benzene rings is 1. The van der Waals surface area contributed by atoms with Gasteiger partial charge in [0.2, 0.25) is 5.91 Å². The number of carbonyl (C=O) groups is 1. The van der Waals surface area contributed by atoms with Gasteiger partial charge in [-0.1, -0.05) is 32.0 Å². The molecule has 40 heavy (non-hydrogen) atoms. The van der Waals surface area contributed by atoms with Crippen LogP contribution in [-0.4, -0.2) is 88.7 Å². The molecule has 0 unspecified atom stereocenters. The second kappa shape index (κ2) is 11.8. The molecular formula is C30H41N7O2S. The van der Waals surface area contributed by atoms with Gasteiger partial charge in [-0.15, -0.1) is 11.3 Å². The van der Waals surface area contributed by atoms with E-state index in [-0.39, 0.29) is 5.91 Å². The van der Waals surface area contributed by atoms with Gasteiger partial charge in [0.1, 0.15) is 0 Å². The lowest BCUT2D eigenvalue weighted by Gasteiger charge is -2.42. The summed E-state index contributed by atoms with van der Waals surface area (Å²) < 4.78 is 6.79. The molecule has 5 heterocycles. The highest BCUT2D eigenvalue weighted by Crippen LogP contribution is 2.39. The Morgan fingerprint density at radius 1 is 1.07 bits per heavy atom. The molecule has 2 fully saturated rings. The van der Waals surface area contributed by atoms with E-state index in [1.807, 2.05) is 51.3 Å². The second-order valence-electron chi connectivity index (χ2n) is 10.7. The zero-order valence-electron chi connectivity index (χ0n) is 24.3. The number of aromatic amines is 1. The maximum atomic E-state index is 11.9. The molecule has 0 bridgehead atoms. The quantitative estimate of drug-likeness (QED) is 0.359. The number of hydrogen-bond donors (Lipinski definition) is 2. The molecule has 0 aliphatic carbocycles. The third kappa shape index (κ3) is 5.33. The molecule has 1 aromatic carbocycles. The average molecular weight is 564 g/mol. The first-order chi connectivity index (χ1) is 19.3. The van der Waals surface area contributed by atoms with Crippen LogP contribution in [0.15, 0.2) is 30.5 Å². The van der Waals surface area contributed by atoms with Crippen molar-refractivity contribution in [1.29, 1.82) is 0 Å². The zero-order valence-corrected chi connectivity index (χ0v) is 25.1. The van der Waals surface area contributed by atoms with E-state index in [1.54, 1.807) is 0 Å². The van der Waals surface area contributed by atoms with E-state index in [9.17, 15) is 4.79 Å². The van der Waals surface area contributed by atoms with E-state index in [0.29, 0.717) is 13.2 Å². The van der Waals surface area contributed by atoms with E-state index >= 15 is 0 Å². The molecule has 2 saturated heterocycles. The van der Waals surface area contributed by atoms with E-state index in [4.69, 9.17) is 20.4 Å². The number of nitrogens with one attached hydrogen (secondary N) is 1. The van der Waals surface area contributed by atoms with Crippen molar-refractivity contribution in [2.24, 2.45) is 5.73 Å². The van der Waals surface area contributed by atoms with Crippen LogP contribution in [0, 0.1) is 6.92 Å². The Bertz CT molecular complexity index is 1480. The van der Waals surface area contributed by atoms with E-state index in [2.05, 4.69) is 44.8 Å². The predicted octanol–water partition coefficient (Wildman–Crippen LogP) is 4.39. The Kier molecular flexibility index (Phi) is 8.42. The number of nitrogens with zero attached hydrogens (tertiary/aromatic N) is 5. The number of hydrogen-bond acceptors (Lipinski definition) is 8. The molecule has 2 aliphatic rings. The molecule has 10 heteroatoms. The number of anilines is 1. The van der Waals surface area contributed by atoms with Gasteiger partial charge < -0.3 is 20.4 Å². The first-order valence-corrected chi connectivity index (χ1v) is 15.1. The van der Waals surface area contributed by atoms with Crippen molar-refractivity contribution in [2.75, 3.05) is 57.4 Å². The Hall–Kier alpha value is -3.05. The summed E-state index contributed by atoms with van der Waals surface area (Å²) in [7, 11) is 0. The number of primary amides is 1. The number of piperazine rings is 1. The Balaban J connectivity index is 0.00000158. The van der Waals surface area contributed by atoms with E-state index < -0.39 is 5.54 Å². The van der Waals surface area contributed by atoms with Gasteiger partial charge in [-0.3, -0.25) is 14.6 Å². The molecule has 0 atom stereocenters. The fourth-order valence-electron chi connectivity index (χ4n) is 5.46. The zero-order chi connectivity index (χ0) is 28.4. The summed E-state index contributed by atoms with van der Waals surface area (Å²) in [5, 5.41) is 1.13. The van der Waals surface area contributed by atoms with Gasteiger partial charge >= 0.3 is 0 Å². The van der Waals surface area contributed by atoms with Gasteiger partial charge in [-0.05, 0) is 32.4 Å². The highest BCUT2D eigenvalue weighted by molar-refractivity contribution is 7.19. The fourth-order valence-corrected chi connectivity index (χ4v) is 6.76. The maximum Gasteiger partial charge on any atom is 0.237 e. The fraction of sp³-hybridized carbons (Fsp3) is 0.500. The third-order valence-corrected chi connectivity index (χ3v) is 9.38. The SMILES string of the molecule is CC.Cc1c(CN2CCN(C(C)(C)C(N)=O)CC2)sc2c(N3CCOCC3)nc(-c3c[nH]c4ccccc34)nc12. The van der Waals surface area contributed by atoms with Crippen LogP contribution >= 0.6 is 11.3 Å². The van der Waals surface area contributed by atoms with Gasteiger partial charge in [0.15, 0.2) is 11.6 Å². The lowest BCUT2D eigenvalue weighted by atomic mass is 10.0. The number of aromatic nitrogens is 3. The molecule has 0 radical (unpaired) electrons. The number of nitrogens with two attached hydrogens (primary N) is 1. The second-order valence-corrected chi connectivity index (χ2v) is 11.8. The maximum absolute atomic E-state index is 11.9. The molecule has 4 aromatic rings. The topological polar surface area (TPSA) is 104 Å². The molecule has 0 spiro atoms. The summed E-state index contributed by atoms with van der Waals surface area (Å²) in [6, 6.07) is 8.29. The van der Waals surface area contributed by atoms with Crippen molar-refractivity contribution in [3.63, 3.8) is 0 Å². The van der Waals surface area contributed by atoms with Gasteiger partial charge in [-0.2, -0.15) is 0 Å². The number of morpholine rings is 1. The molecule has 214 valence electrons. The monoisotopic (exact) mass is 563 g/mol. The summed E-state index contributed by atoms with van der Waals surface area (Å²) in [4.78, 5) is 33.9. The van der Waals surface area contributed by atoms with Crippen LogP contribution in [0.4, 0.5) is 5.82 Å². The van der Waals surface area contributed by atoms with Crippen LogP contribution in [0.2, 0.25) is 0 Å². The van der Waals surface area contributed by atoms with Gasteiger partial charge in [-0.25, -0.2) is 9.97 Å². The predicted molar refractivity (Wildman–Crippen MR) is 164 cm³/mol. The number of ether oxygens (including phenoxy) is 1. The van der Waals surface area contributed by atoms with Crippen molar-refractivity contribution in [3.8, 4) is 11.4 Å². The number of aryl methyl sites for hydroxylation is 1. The number of thiophene rings is 1. The Labute approximate surface area is 240 Å². The first-order valence-electron chi connectivity index (χ1n) is 14.3. The summed E-state index contributed by atoms with van der Waals surface area (Å²) in [6.45, 7) is 17.4. The number of rotatable bonds is 6. The van der Waals surface area contributed by atoms with Crippen molar-refractivity contribution >= 4 is 44.2 Å². The van der Waals surface area contributed by atoms with Crippen molar-refractivity contribution < 1.29 is 9.53 Å². The van der Waals surface area contributed by atoms with Crippen LogP contribution in [0.3, 0.4) is 0 Å². The largest absolute Gasteiger partial charge is 0.378 e.